The molecule has 8 nitrogen and oxygen atoms in total. The average molecular weight is 537 g/mol. The summed E-state index contributed by atoms with van der Waals surface area (Å²) in [7, 11) is 0. The number of aliphatic hydroxyl groups is 3. The highest BCUT2D eigenvalue weighted by Crippen LogP contribution is 2.39. The van der Waals surface area contributed by atoms with Gasteiger partial charge in [-0.05, 0) is 44.3 Å². The summed E-state index contributed by atoms with van der Waals surface area (Å²) in [5, 5.41) is 34.3. The molecular formula is C28H44N2O6S. The zero-order valence-electron chi connectivity index (χ0n) is 23.0. The Morgan fingerprint density at radius 1 is 1.24 bits per heavy atom. The summed E-state index contributed by atoms with van der Waals surface area (Å²) in [6.45, 7) is 11.4. The van der Waals surface area contributed by atoms with Gasteiger partial charge in [0, 0.05) is 36.3 Å². The number of ether oxygens (including phenoxy) is 1. The molecule has 2 fully saturated rings. The minimum Gasteiger partial charge on any atom is -0.458 e. The van der Waals surface area contributed by atoms with Crippen molar-refractivity contribution in [3.05, 3.63) is 21.7 Å². The van der Waals surface area contributed by atoms with E-state index in [2.05, 4.69) is 9.88 Å². The van der Waals surface area contributed by atoms with Crippen molar-refractivity contribution in [3.63, 3.8) is 0 Å². The second kappa shape index (κ2) is 12.5. The number of aliphatic hydroxyl groups excluding tert-OH is 3. The van der Waals surface area contributed by atoms with E-state index in [9.17, 15) is 24.9 Å². The van der Waals surface area contributed by atoms with E-state index in [1.807, 2.05) is 32.2 Å². The lowest BCUT2D eigenvalue weighted by atomic mass is 9.73. The zero-order chi connectivity index (χ0) is 27.5. The fraction of sp³-hybridized carbons (Fsp3) is 0.750. The first-order valence-electron chi connectivity index (χ1n) is 13.4. The molecular weight excluding hydrogens is 492 g/mol. The summed E-state index contributed by atoms with van der Waals surface area (Å²) in [5.74, 6) is -1.57. The lowest BCUT2D eigenvalue weighted by Gasteiger charge is -2.34. The van der Waals surface area contributed by atoms with Gasteiger partial charge in [-0.2, -0.15) is 0 Å². The first-order chi connectivity index (χ1) is 17.4. The maximum atomic E-state index is 13.3. The average Bonchev–Trinajstić information content (AvgIpc) is 3.29. The first-order valence-corrected chi connectivity index (χ1v) is 14.3. The molecule has 2 aliphatic heterocycles. The Morgan fingerprint density at radius 2 is 1.95 bits per heavy atom. The lowest BCUT2D eigenvalue weighted by Crippen LogP contribution is -2.45. The highest BCUT2D eigenvalue weighted by atomic mass is 32.1. The number of fused-ring (bicyclic) bond motifs is 1. The molecule has 2 saturated heterocycles. The Kier molecular flexibility index (Phi) is 10.1. The number of cyclic esters (lactones) is 1. The number of hydrogen-bond acceptors (Lipinski definition) is 9. The number of hydrogen-bond donors (Lipinski definition) is 3. The van der Waals surface area contributed by atoms with Crippen LogP contribution in [0.4, 0.5) is 0 Å². The summed E-state index contributed by atoms with van der Waals surface area (Å²) in [6.07, 6.45) is 2.19. The molecule has 8 atom stereocenters. The van der Waals surface area contributed by atoms with Crippen molar-refractivity contribution in [2.75, 3.05) is 13.2 Å². The molecule has 0 aromatic carbocycles. The maximum Gasteiger partial charge on any atom is 0.309 e. The SMILES string of the molecule is C/C(=C\c1csc(C)n1)[C@@H]1C[C@H]2[C@@H](CCC[C@H](C)C(O)[C@@H](C)C(=O)C(C)(C)[C@@H](O)CC(=O)O1)N2CCO. The molecule has 0 radical (unpaired) electrons. The number of nitrogens with zero attached hydrogens (tertiary/aromatic N) is 2. The molecule has 0 bridgehead atoms. The number of carbonyl (C=O) groups excluding carboxylic acids is 2. The van der Waals surface area contributed by atoms with Crippen molar-refractivity contribution in [1.29, 1.82) is 0 Å². The van der Waals surface area contributed by atoms with Gasteiger partial charge in [0.15, 0.2) is 0 Å². The lowest BCUT2D eigenvalue weighted by molar-refractivity contribution is -0.154. The Morgan fingerprint density at radius 3 is 2.57 bits per heavy atom. The molecule has 37 heavy (non-hydrogen) atoms. The number of β-amino-alcohol motifs (C(OH)–C–C–N with tert-alkyl or cyclic N) is 1. The number of ketones is 1. The number of esters is 1. The smallest absolute Gasteiger partial charge is 0.309 e. The van der Waals surface area contributed by atoms with Crippen LogP contribution in [0.15, 0.2) is 11.0 Å². The van der Waals surface area contributed by atoms with Crippen LogP contribution in [0.25, 0.3) is 6.08 Å². The van der Waals surface area contributed by atoms with Crippen molar-refractivity contribution in [1.82, 2.24) is 9.88 Å². The Balaban J connectivity index is 1.88. The van der Waals surface area contributed by atoms with Crippen molar-refractivity contribution < 1.29 is 29.6 Å². The van der Waals surface area contributed by atoms with Crippen molar-refractivity contribution in [2.24, 2.45) is 17.3 Å². The topological polar surface area (TPSA) is 120 Å². The van der Waals surface area contributed by atoms with Crippen LogP contribution in [0.1, 0.15) is 77.4 Å². The van der Waals surface area contributed by atoms with Crippen LogP contribution in [0, 0.1) is 24.2 Å². The van der Waals surface area contributed by atoms with Crippen LogP contribution in [0.3, 0.4) is 0 Å². The molecule has 0 aliphatic carbocycles. The second-order valence-electron chi connectivity index (χ2n) is 11.5. The largest absolute Gasteiger partial charge is 0.458 e. The van der Waals surface area contributed by atoms with Crippen molar-refractivity contribution in [2.45, 2.75) is 104 Å². The number of aryl methyl sites for hydroxylation is 1. The van der Waals surface area contributed by atoms with Crippen molar-refractivity contribution >= 4 is 29.2 Å². The summed E-state index contributed by atoms with van der Waals surface area (Å²) >= 11 is 1.55. The number of Topliss-reactive ketones (excluding diaryl/α,β-unsaturated/α-hetero) is 1. The third kappa shape index (κ3) is 7.26. The van der Waals surface area contributed by atoms with Gasteiger partial charge in [0.25, 0.3) is 0 Å². The first kappa shape index (κ1) is 29.9. The van der Waals surface area contributed by atoms with Gasteiger partial charge >= 0.3 is 5.97 Å². The van der Waals surface area contributed by atoms with Gasteiger partial charge in [-0.3, -0.25) is 14.5 Å². The molecule has 3 N–H and O–H groups in total. The van der Waals surface area contributed by atoms with E-state index in [-0.39, 0.29) is 36.8 Å². The van der Waals surface area contributed by atoms with E-state index >= 15 is 0 Å². The van der Waals surface area contributed by atoms with Gasteiger partial charge in [0.05, 0.1) is 41.4 Å². The molecule has 3 rings (SSSR count). The highest BCUT2D eigenvalue weighted by Gasteiger charge is 2.48. The molecule has 9 heteroatoms. The van der Waals surface area contributed by atoms with Gasteiger partial charge in [0.2, 0.25) is 0 Å². The number of thiazole rings is 1. The normalized spacial score (nSPS) is 36.1. The Bertz CT molecular complexity index is 976. The second-order valence-corrected chi connectivity index (χ2v) is 12.5. The van der Waals surface area contributed by atoms with E-state index in [4.69, 9.17) is 4.74 Å². The Labute approximate surface area is 224 Å². The summed E-state index contributed by atoms with van der Waals surface area (Å²) in [5.41, 5.74) is 0.467. The number of carbonyl (C=O) groups is 2. The van der Waals surface area contributed by atoms with Crippen LogP contribution < -0.4 is 0 Å². The van der Waals surface area contributed by atoms with Gasteiger partial charge in [-0.25, -0.2) is 4.98 Å². The van der Waals surface area contributed by atoms with Crippen LogP contribution in [0.5, 0.6) is 0 Å². The van der Waals surface area contributed by atoms with Gasteiger partial charge in [-0.15, -0.1) is 11.3 Å². The summed E-state index contributed by atoms with van der Waals surface area (Å²) in [6, 6.07) is 0.434. The molecule has 208 valence electrons. The number of aromatic nitrogens is 1. The van der Waals surface area contributed by atoms with Crippen LogP contribution in [-0.2, 0) is 14.3 Å². The quantitative estimate of drug-likeness (QED) is 0.396. The van der Waals surface area contributed by atoms with Crippen LogP contribution in [-0.4, -0.2) is 80.5 Å². The van der Waals surface area contributed by atoms with E-state index in [1.165, 1.54) is 0 Å². The minimum absolute atomic E-state index is 0.0559. The van der Waals surface area contributed by atoms with E-state index < -0.39 is 35.6 Å². The van der Waals surface area contributed by atoms with Gasteiger partial charge < -0.3 is 20.1 Å². The fourth-order valence-electron chi connectivity index (χ4n) is 5.65. The monoisotopic (exact) mass is 536 g/mol. The molecule has 0 amide bonds. The zero-order valence-corrected chi connectivity index (χ0v) is 23.8. The number of rotatable bonds is 4. The summed E-state index contributed by atoms with van der Waals surface area (Å²) < 4.78 is 5.94. The van der Waals surface area contributed by atoms with Crippen molar-refractivity contribution in [3.8, 4) is 0 Å². The van der Waals surface area contributed by atoms with Crippen LogP contribution in [0.2, 0.25) is 0 Å². The molecule has 1 aromatic rings. The van der Waals surface area contributed by atoms with Crippen LogP contribution >= 0.6 is 11.3 Å². The predicted octanol–water partition coefficient (Wildman–Crippen LogP) is 3.37. The highest BCUT2D eigenvalue weighted by molar-refractivity contribution is 7.09. The minimum atomic E-state index is -1.24. The predicted molar refractivity (Wildman–Crippen MR) is 144 cm³/mol. The molecule has 3 heterocycles. The standard InChI is InChI=1S/C28H44N2O6S/c1-16-8-7-9-21-22(30(21)10-11-31)13-23(17(2)12-20-15-37-19(4)29-20)36-25(33)14-24(32)28(5,6)27(35)18(3)26(16)34/h12,15-16,18,21-24,26,31-32,34H,7-11,13-14H2,1-6H3/b17-12+/t16-,18+,21+,22-,23-,24-,26?,30?/m0/s1. The van der Waals surface area contributed by atoms with E-state index in [1.54, 1.807) is 32.1 Å². The molecule has 1 aromatic heterocycles. The molecule has 2 aliphatic rings. The molecule has 0 saturated carbocycles. The third-order valence-electron chi connectivity index (χ3n) is 8.31. The maximum absolute atomic E-state index is 13.3. The fourth-order valence-corrected chi connectivity index (χ4v) is 6.22. The molecule has 0 spiro atoms. The van der Waals surface area contributed by atoms with E-state index in [0.29, 0.717) is 13.0 Å². The van der Waals surface area contributed by atoms with Gasteiger partial charge in [-0.1, -0.05) is 34.1 Å². The van der Waals surface area contributed by atoms with Gasteiger partial charge in [0.1, 0.15) is 11.9 Å². The van der Waals surface area contributed by atoms with E-state index in [0.717, 1.165) is 35.5 Å². The summed E-state index contributed by atoms with van der Waals surface area (Å²) in [4.78, 5) is 33.1. The molecule has 2 unspecified atom stereocenters. The third-order valence-corrected chi connectivity index (χ3v) is 9.10. The Hall–Kier alpha value is -1.65.